The van der Waals surface area contributed by atoms with E-state index in [1.54, 1.807) is 48.5 Å². The van der Waals surface area contributed by atoms with Crippen molar-refractivity contribution in [1.82, 2.24) is 20.4 Å². The average molecular weight is 1410 g/mol. The standard InChI is InChI=1S/C78H126N4O14S2/c1-7-13-15-17-19-21-23-25-27-29-31-33-35-37-39-41-73(85)95-67-47-43-65(44-48-67)59-75(87)91-55-57-93-77(89)69(79-71(83)61-81(51-9-3)52-10-4)63-97-98-64-70(80-72(84)62-82(53-11-5)54-12-6)78(90)94-58-56-92-76(88)60-66-45-49-68(50-46-66)96-74(86)42-40-38-36-34-32-30-28-26-24-22-20-18-16-14-8-2/h25-28,43-50,69-70H,7-24,29-42,51-64H2,1-6H3,(H,79,83)(H,80,84)/b27-25-,28-26-. The summed E-state index contributed by atoms with van der Waals surface area (Å²) in [6.07, 6.45) is 43.8. The SMILES string of the molecule is CCCCCCCC/C=C\CCCCCCCC(=O)Oc1ccc(CC(=O)OCCOC(=O)C(CSSCC(NC(=O)CN(CCC)CCC)C(=O)OCCOC(=O)Cc2ccc(OC(=O)CCCCCCC/C=C\CCCCCCCC)cc2)NC(=O)CN(CCC)CCC)cc1. The second-order valence-electron chi connectivity index (χ2n) is 25.4. The van der Waals surface area contributed by atoms with Crippen molar-refractivity contribution in [1.29, 1.82) is 0 Å². The Morgan fingerprint density at radius 1 is 0.367 bits per heavy atom. The second kappa shape index (κ2) is 61.2. The lowest BCUT2D eigenvalue weighted by Gasteiger charge is -2.23. The Balaban J connectivity index is 1.87. The van der Waals surface area contributed by atoms with E-state index in [0.717, 1.165) is 103 Å². The third kappa shape index (κ3) is 48.9. The van der Waals surface area contributed by atoms with Crippen LogP contribution in [0.3, 0.4) is 0 Å². The van der Waals surface area contributed by atoms with Crippen LogP contribution in [0, 0.1) is 0 Å². The van der Waals surface area contributed by atoms with Gasteiger partial charge in [-0.05, 0) is 151 Å². The molecule has 2 aromatic carbocycles. The molecule has 2 rings (SSSR count). The van der Waals surface area contributed by atoms with E-state index in [-0.39, 0.29) is 87.6 Å². The van der Waals surface area contributed by atoms with Crippen molar-refractivity contribution in [2.45, 2.75) is 272 Å². The molecule has 2 amide bonds. The van der Waals surface area contributed by atoms with Gasteiger partial charge in [-0.3, -0.25) is 38.6 Å². The summed E-state index contributed by atoms with van der Waals surface area (Å²) >= 11 is 0. The zero-order valence-electron chi connectivity index (χ0n) is 61.0. The predicted molar refractivity (Wildman–Crippen MR) is 397 cm³/mol. The van der Waals surface area contributed by atoms with Crippen LogP contribution in [0.2, 0.25) is 0 Å². The van der Waals surface area contributed by atoms with Crippen LogP contribution in [0.1, 0.15) is 258 Å². The zero-order valence-corrected chi connectivity index (χ0v) is 62.7. The lowest BCUT2D eigenvalue weighted by molar-refractivity contribution is -0.153. The minimum Gasteiger partial charge on any atom is -0.462 e. The quantitative estimate of drug-likeness (QED) is 0.0157. The highest BCUT2D eigenvalue weighted by molar-refractivity contribution is 8.76. The van der Waals surface area contributed by atoms with E-state index < -0.39 is 36.0 Å². The maximum Gasteiger partial charge on any atom is 0.329 e. The molecule has 18 nitrogen and oxygen atoms in total. The van der Waals surface area contributed by atoms with Crippen molar-refractivity contribution < 1.29 is 66.8 Å². The van der Waals surface area contributed by atoms with E-state index >= 15 is 0 Å². The maximum atomic E-state index is 13.6. The van der Waals surface area contributed by atoms with Crippen LogP contribution < -0.4 is 20.1 Å². The number of hydrogen-bond donors (Lipinski definition) is 2. The molecular formula is C78H126N4O14S2. The first kappa shape index (κ1) is 88.4. The van der Waals surface area contributed by atoms with E-state index in [1.165, 1.54) is 111 Å². The molecule has 0 bridgehead atoms. The van der Waals surface area contributed by atoms with Crippen molar-refractivity contribution in [2.24, 2.45) is 0 Å². The molecule has 2 aromatic rings. The third-order valence-electron chi connectivity index (χ3n) is 16.2. The fourth-order valence-electron chi connectivity index (χ4n) is 10.9. The van der Waals surface area contributed by atoms with Crippen molar-refractivity contribution in [3.63, 3.8) is 0 Å². The summed E-state index contributed by atoms with van der Waals surface area (Å²) < 4.78 is 32.9. The van der Waals surface area contributed by atoms with Crippen LogP contribution in [-0.2, 0) is 70.1 Å². The molecule has 2 N–H and O–H groups in total. The van der Waals surface area contributed by atoms with Gasteiger partial charge in [0.1, 0.15) is 50.0 Å². The van der Waals surface area contributed by atoms with Gasteiger partial charge in [0.25, 0.3) is 0 Å². The smallest absolute Gasteiger partial charge is 0.329 e. The van der Waals surface area contributed by atoms with Gasteiger partial charge < -0.3 is 39.1 Å². The van der Waals surface area contributed by atoms with Gasteiger partial charge >= 0.3 is 35.8 Å². The molecule has 0 aliphatic carbocycles. The number of unbranched alkanes of at least 4 members (excludes halogenated alkanes) is 22. The van der Waals surface area contributed by atoms with Crippen LogP contribution in [-0.4, -0.2) is 147 Å². The highest BCUT2D eigenvalue weighted by atomic mass is 33.1. The third-order valence-corrected chi connectivity index (χ3v) is 18.6. The molecule has 0 fully saturated rings. The summed E-state index contributed by atoms with van der Waals surface area (Å²) in [4.78, 5) is 109. The Morgan fingerprint density at radius 2 is 0.663 bits per heavy atom. The first-order chi connectivity index (χ1) is 47.7. The molecular weight excluding hydrogens is 1280 g/mol. The lowest BCUT2D eigenvalue weighted by atomic mass is 10.1. The molecule has 0 saturated carbocycles. The molecule has 0 aliphatic heterocycles. The van der Waals surface area contributed by atoms with Gasteiger partial charge in [0, 0.05) is 24.3 Å². The number of esters is 6. The number of rotatable bonds is 63. The van der Waals surface area contributed by atoms with Crippen LogP contribution >= 0.6 is 21.6 Å². The molecule has 2 unspecified atom stereocenters. The summed E-state index contributed by atoms with van der Waals surface area (Å²) in [5, 5.41) is 5.63. The van der Waals surface area contributed by atoms with E-state index in [2.05, 4.69) is 48.8 Å². The molecule has 0 heterocycles. The number of amides is 2. The number of hydrogen-bond acceptors (Lipinski definition) is 18. The Hall–Kier alpha value is -5.70. The zero-order chi connectivity index (χ0) is 71.3. The van der Waals surface area contributed by atoms with Crippen LogP contribution in [0.4, 0.5) is 0 Å². The summed E-state index contributed by atoms with van der Waals surface area (Å²) in [5.41, 5.74) is 1.28. The van der Waals surface area contributed by atoms with E-state index in [9.17, 15) is 38.4 Å². The Bertz CT molecular complexity index is 2320. The topological polar surface area (TPSA) is 222 Å². The van der Waals surface area contributed by atoms with Gasteiger partial charge in [0.2, 0.25) is 11.8 Å². The van der Waals surface area contributed by atoms with Gasteiger partial charge in [0.05, 0.1) is 25.9 Å². The van der Waals surface area contributed by atoms with Gasteiger partial charge in [-0.25, -0.2) is 9.59 Å². The van der Waals surface area contributed by atoms with E-state index in [0.29, 0.717) is 61.6 Å². The van der Waals surface area contributed by atoms with E-state index in [1.807, 2.05) is 37.5 Å². The minimum atomic E-state index is -1.12. The Kier molecular flexibility index (Phi) is 55.2. The number of nitrogens with one attached hydrogen (secondary N) is 2. The number of allylic oxidation sites excluding steroid dienone is 4. The Morgan fingerprint density at radius 3 is 0.980 bits per heavy atom. The number of ether oxygens (including phenoxy) is 6. The average Bonchev–Trinajstić information content (AvgIpc) is 1.03. The normalized spacial score (nSPS) is 12.0. The van der Waals surface area contributed by atoms with Gasteiger partial charge in [-0.1, -0.05) is 214 Å². The fraction of sp³-hybridized carbons (Fsp3) is 0.692. The molecule has 554 valence electrons. The molecule has 2 atom stereocenters. The summed E-state index contributed by atoms with van der Waals surface area (Å²) in [5.74, 6) is -3.11. The fourth-order valence-corrected chi connectivity index (χ4v) is 13.2. The van der Waals surface area contributed by atoms with Gasteiger partial charge in [-0.15, -0.1) is 0 Å². The monoisotopic (exact) mass is 1410 g/mol. The van der Waals surface area contributed by atoms with Gasteiger partial charge in [-0.2, -0.15) is 0 Å². The molecule has 0 spiro atoms. The molecule has 20 heteroatoms. The largest absolute Gasteiger partial charge is 0.462 e. The molecule has 0 saturated heterocycles. The maximum absolute atomic E-state index is 13.6. The Labute approximate surface area is 597 Å². The van der Waals surface area contributed by atoms with Crippen molar-refractivity contribution >= 4 is 69.2 Å². The van der Waals surface area contributed by atoms with E-state index in [4.69, 9.17) is 28.4 Å². The predicted octanol–water partition coefficient (Wildman–Crippen LogP) is 16.1. The van der Waals surface area contributed by atoms with Crippen LogP contribution in [0.5, 0.6) is 11.5 Å². The first-order valence-electron chi connectivity index (χ1n) is 37.5. The number of nitrogens with zero attached hydrogens (tertiary/aromatic N) is 2. The number of carbonyl (C=O) groups is 8. The highest BCUT2D eigenvalue weighted by Gasteiger charge is 2.27. The van der Waals surface area contributed by atoms with Crippen LogP contribution in [0.25, 0.3) is 0 Å². The summed E-state index contributed by atoms with van der Waals surface area (Å²) in [6.45, 7) is 14.5. The molecule has 0 radical (unpaired) electrons. The summed E-state index contributed by atoms with van der Waals surface area (Å²) in [7, 11) is 2.38. The summed E-state index contributed by atoms with van der Waals surface area (Å²) in [6, 6.07) is 11.1. The number of benzene rings is 2. The highest BCUT2D eigenvalue weighted by Crippen LogP contribution is 2.25. The first-order valence-corrected chi connectivity index (χ1v) is 40.0. The molecule has 98 heavy (non-hydrogen) atoms. The van der Waals surface area contributed by atoms with Gasteiger partial charge in [0.15, 0.2) is 0 Å². The lowest BCUT2D eigenvalue weighted by Crippen LogP contribution is -2.48. The minimum absolute atomic E-state index is 0.0258. The molecule has 0 aliphatic rings. The van der Waals surface area contributed by atoms with Crippen LogP contribution in [0.15, 0.2) is 72.8 Å². The van der Waals surface area contributed by atoms with Crippen molar-refractivity contribution in [3.8, 4) is 11.5 Å². The second-order valence-corrected chi connectivity index (χ2v) is 27.9. The van der Waals surface area contributed by atoms with Crippen molar-refractivity contribution in [2.75, 3.05) is 77.2 Å². The number of carbonyl (C=O) groups excluding carboxylic acids is 8. The van der Waals surface area contributed by atoms with Crippen molar-refractivity contribution in [3.05, 3.63) is 84.0 Å². The molecule has 0 aromatic heterocycles.